The largest absolute Gasteiger partial charge is 0.367 e. The Morgan fingerprint density at radius 1 is 0.793 bits per heavy atom. The number of amides is 1. The van der Waals surface area contributed by atoms with E-state index >= 15 is 0 Å². The quantitative estimate of drug-likeness (QED) is 0.356. The van der Waals surface area contributed by atoms with E-state index in [1.807, 2.05) is 42.5 Å². The van der Waals surface area contributed by atoms with Gasteiger partial charge in [-0.3, -0.25) is 9.59 Å². The standard InChI is InChI=1S/C23H19N3O2S/c27-21(16-8-2-1-3-9-16)17-10-4-5-11-18(17)23(28)25-15-14-24-22-19-12-6-7-13-20(19)29-26-22/h1-13H,14-15H2,(H,24,26)(H,25,28). The third-order valence-electron chi connectivity index (χ3n) is 4.53. The van der Waals surface area contributed by atoms with Crippen molar-refractivity contribution < 1.29 is 9.59 Å². The van der Waals surface area contributed by atoms with E-state index in [1.54, 1.807) is 36.4 Å². The minimum Gasteiger partial charge on any atom is -0.367 e. The Hall–Kier alpha value is -3.51. The molecule has 0 bridgehead atoms. The van der Waals surface area contributed by atoms with Crippen molar-refractivity contribution in [2.24, 2.45) is 0 Å². The highest BCUT2D eigenvalue weighted by atomic mass is 32.1. The van der Waals surface area contributed by atoms with Gasteiger partial charge < -0.3 is 10.6 Å². The topological polar surface area (TPSA) is 71.1 Å². The zero-order valence-electron chi connectivity index (χ0n) is 15.6. The number of nitrogens with zero attached hydrogens (tertiary/aromatic N) is 1. The summed E-state index contributed by atoms with van der Waals surface area (Å²) in [7, 11) is 0. The highest BCUT2D eigenvalue weighted by Crippen LogP contribution is 2.25. The molecule has 4 rings (SSSR count). The summed E-state index contributed by atoms with van der Waals surface area (Å²) in [5.41, 5.74) is 1.33. The molecule has 29 heavy (non-hydrogen) atoms. The molecule has 6 heteroatoms. The second-order valence-corrected chi connectivity index (χ2v) is 7.26. The summed E-state index contributed by atoms with van der Waals surface area (Å²) < 4.78 is 5.53. The van der Waals surface area contributed by atoms with E-state index in [0.29, 0.717) is 29.8 Å². The van der Waals surface area contributed by atoms with Gasteiger partial charge in [0.1, 0.15) is 5.82 Å². The lowest BCUT2D eigenvalue weighted by Gasteiger charge is -2.10. The van der Waals surface area contributed by atoms with Crippen molar-refractivity contribution in [1.82, 2.24) is 9.69 Å². The normalized spacial score (nSPS) is 10.6. The first-order chi connectivity index (χ1) is 14.2. The maximum absolute atomic E-state index is 12.8. The summed E-state index contributed by atoms with van der Waals surface area (Å²) >= 11 is 1.44. The van der Waals surface area contributed by atoms with Crippen molar-refractivity contribution in [1.29, 1.82) is 0 Å². The van der Waals surface area contributed by atoms with Gasteiger partial charge in [-0.25, -0.2) is 0 Å². The molecule has 4 aromatic rings. The van der Waals surface area contributed by atoms with E-state index in [4.69, 9.17) is 0 Å². The van der Waals surface area contributed by atoms with Crippen LogP contribution in [0.15, 0.2) is 78.9 Å². The molecule has 0 radical (unpaired) electrons. The zero-order chi connectivity index (χ0) is 20.1. The maximum Gasteiger partial charge on any atom is 0.252 e. The summed E-state index contributed by atoms with van der Waals surface area (Å²) in [6.07, 6.45) is 0. The molecule has 3 aromatic carbocycles. The lowest BCUT2D eigenvalue weighted by molar-refractivity contribution is 0.0943. The molecule has 1 heterocycles. The summed E-state index contributed by atoms with van der Waals surface area (Å²) in [5, 5.41) is 7.21. The van der Waals surface area contributed by atoms with Gasteiger partial charge in [-0.2, -0.15) is 4.37 Å². The van der Waals surface area contributed by atoms with Gasteiger partial charge in [0.25, 0.3) is 5.91 Å². The summed E-state index contributed by atoms with van der Waals surface area (Å²) in [4.78, 5) is 25.5. The number of carbonyl (C=O) groups is 2. The Balaban J connectivity index is 1.40. The number of fused-ring (bicyclic) bond motifs is 1. The number of anilines is 1. The number of nitrogens with one attached hydrogen (secondary N) is 2. The van der Waals surface area contributed by atoms with Crippen LogP contribution in [0.5, 0.6) is 0 Å². The average molecular weight is 401 g/mol. The maximum atomic E-state index is 12.8. The van der Waals surface area contributed by atoms with Gasteiger partial charge in [0, 0.05) is 29.6 Å². The van der Waals surface area contributed by atoms with Crippen molar-refractivity contribution in [3.8, 4) is 0 Å². The molecule has 0 saturated heterocycles. The van der Waals surface area contributed by atoms with Gasteiger partial charge in [-0.15, -0.1) is 0 Å². The fraction of sp³-hybridized carbons (Fsp3) is 0.0870. The third-order valence-corrected chi connectivity index (χ3v) is 5.36. The van der Waals surface area contributed by atoms with Gasteiger partial charge in [0.05, 0.1) is 10.3 Å². The van der Waals surface area contributed by atoms with Gasteiger partial charge in [0.15, 0.2) is 5.78 Å². The minimum absolute atomic E-state index is 0.164. The van der Waals surface area contributed by atoms with Crippen LogP contribution in [0.2, 0.25) is 0 Å². The minimum atomic E-state index is -0.269. The summed E-state index contributed by atoms with van der Waals surface area (Å²) in [6.45, 7) is 0.951. The molecular weight excluding hydrogens is 382 g/mol. The highest BCUT2D eigenvalue weighted by molar-refractivity contribution is 7.13. The number of benzene rings is 3. The van der Waals surface area contributed by atoms with Crippen LogP contribution in [0.3, 0.4) is 0 Å². The number of ketones is 1. The third kappa shape index (κ3) is 4.17. The summed E-state index contributed by atoms with van der Waals surface area (Å²) in [5.74, 6) is 0.387. The van der Waals surface area contributed by atoms with Gasteiger partial charge in [-0.05, 0) is 29.7 Å². The Morgan fingerprint density at radius 3 is 2.31 bits per heavy atom. The fourth-order valence-electron chi connectivity index (χ4n) is 3.09. The Kier molecular flexibility index (Phi) is 5.63. The van der Waals surface area contributed by atoms with Gasteiger partial charge in [0.2, 0.25) is 0 Å². The number of rotatable bonds is 7. The molecule has 0 aliphatic carbocycles. The van der Waals surface area contributed by atoms with Crippen LogP contribution in [0.1, 0.15) is 26.3 Å². The first kappa shape index (κ1) is 18.8. The molecule has 5 nitrogen and oxygen atoms in total. The molecule has 0 spiro atoms. The molecule has 0 fully saturated rings. The second-order valence-electron chi connectivity index (χ2n) is 6.45. The van der Waals surface area contributed by atoms with Crippen molar-refractivity contribution in [2.75, 3.05) is 18.4 Å². The molecule has 144 valence electrons. The number of aromatic nitrogens is 1. The lowest BCUT2D eigenvalue weighted by Crippen LogP contribution is -2.30. The summed E-state index contributed by atoms with van der Waals surface area (Å²) in [6, 6.07) is 23.9. The molecule has 0 unspecified atom stereocenters. The van der Waals surface area contributed by atoms with Crippen LogP contribution in [0.4, 0.5) is 5.82 Å². The van der Waals surface area contributed by atoms with Crippen molar-refractivity contribution in [3.05, 3.63) is 95.6 Å². The first-order valence-electron chi connectivity index (χ1n) is 9.29. The monoisotopic (exact) mass is 401 g/mol. The van der Waals surface area contributed by atoms with Crippen molar-refractivity contribution in [3.63, 3.8) is 0 Å². The van der Waals surface area contributed by atoms with E-state index in [2.05, 4.69) is 15.0 Å². The van der Waals surface area contributed by atoms with Crippen LogP contribution < -0.4 is 10.6 Å². The van der Waals surface area contributed by atoms with Crippen LogP contribution in [-0.2, 0) is 0 Å². The Labute approximate surface area is 172 Å². The molecule has 1 amide bonds. The van der Waals surface area contributed by atoms with Crippen LogP contribution in [-0.4, -0.2) is 29.2 Å². The molecule has 0 saturated carbocycles. The number of carbonyl (C=O) groups excluding carboxylic acids is 2. The van der Waals surface area contributed by atoms with Crippen LogP contribution in [0.25, 0.3) is 10.1 Å². The molecule has 0 aliphatic rings. The molecule has 1 aromatic heterocycles. The number of hydrogen-bond donors (Lipinski definition) is 2. The van der Waals surface area contributed by atoms with Crippen LogP contribution in [0, 0.1) is 0 Å². The Bertz CT molecular complexity index is 1150. The van der Waals surface area contributed by atoms with Crippen LogP contribution >= 0.6 is 11.5 Å². The first-order valence-corrected chi connectivity index (χ1v) is 10.1. The highest BCUT2D eigenvalue weighted by Gasteiger charge is 2.17. The van der Waals surface area contributed by atoms with E-state index in [-0.39, 0.29) is 11.7 Å². The fourth-order valence-corrected chi connectivity index (χ4v) is 3.84. The van der Waals surface area contributed by atoms with E-state index < -0.39 is 0 Å². The average Bonchev–Trinajstić information content (AvgIpc) is 3.20. The molecule has 2 N–H and O–H groups in total. The van der Waals surface area contributed by atoms with E-state index in [0.717, 1.165) is 15.9 Å². The Morgan fingerprint density at radius 2 is 1.48 bits per heavy atom. The van der Waals surface area contributed by atoms with Gasteiger partial charge in [-0.1, -0.05) is 60.7 Å². The van der Waals surface area contributed by atoms with E-state index in [1.165, 1.54) is 11.5 Å². The van der Waals surface area contributed by atoms with Crippen molar-refractivity contribution >= 4 is 39.1 Å². The SMILES string of the molecule is O=C(NCCNc1nsc2ccccc12)c1ccccc1C(=O)c1ccccc1. The van der Waals surface area contributed by atoms with E-state index in [9.17, 15) is 9.59 Å². The second kappa shape index (κ2) is 8.67. The zero-order valence-corrected chi connectivity index (χ0v) is 16.4. The molecular formula is C23H19N3O2S. The van der Waals surface area contributed by atoms with Gasteiger partial charge >= 0.3 is 0 Å². The van der Waals surface area contributed by atoms with Crippen molar-refractivity contribution in [2.45, 2.75) is 0 Å². The predicted octanol–water partition coefficient (Wildman–Crippen LogP) is 4.37. The molecule has 0 aliphatic heterocycles. The predicted molar refractivity (Wildman–Crippen MR) is 117 cm³/mol. The smallest absolute Gasteiger partial charge is 0.252 e. The molecule has 0 atom stereocenters. The lowest BCUT2D eigenvalue weighted by atomic mass is 9.98. The number of hydrogen-bond acceptors (Lipinski definition) is 5.